The molecule has 1 aromatic rings. The Morgan fingerprint density at radius 2 is 1.44 bits per heavy atom. The van der Waals surface area contributed by atoms with Gasteiger partial charge in [-0.1, -0.05) is 88.4 Å². The highest BCUT2D eigenvalue weighted by atomic mass is 16.5. The number of benzene rings is 1. The van der Waals surface area contributed by atoms with Gasteiger partial charge in [0.15, 0.2) is 0 Å². The van der Waals surface area contributed by atoms with Crippen LogP contribution in [0.4, 0.5) is 0 Å². The summed E-state index contributed by atoms with van der Waals surface area (Å²) in [7, 11) is 0. The van der Waals surface area contributed by atoms with E-state index in [-0.39, 0.29) is 16.9 Å². The Morgan fingerprint density at radius 1 is 0.708 bits per heavy atom. The van der Waals surface area contributed by atoms with Gasteiger partial charge in [-0.25, -0.2) is 0 Å². The first-order valence-electron chi connectivity index (χ1n) is 18.5. The molecule has 7 atom stereocenters. The molecule has 0 radical (unpaired) electrons. The third kappa shape index (κ3) is 3.92. The molecular weight excluding hydrogens is 585 g/mol. The summed E-state index contributed by atoms with van der Waals surface area (Å²) >= 11 is 0. The van der Waals surface area contributed by atoms with E-state index in [2.05, 4.69) is 131 Å². The fourth-order valence-electron chi connectivity index (χ4n) is 11.4. The molecule has 2 nitrogen and oxygen atoms in total. The summed E-state index contributed by atoms with van der Waals surface area (Å²) in [6.07, 6.45) is 38.6. The molecule has 242 valence electrons. The van der Waals surface area contributed by atoms with E-state index in [0.717, 1.165) is 49.4 Å². The summed E-state index contributed by atoms with van der Waals surface area (Å²) in [6.45, 7) is 10.0. The molecule has 0 saturated carbocycles. The van der Waals surface area contributed by atoms with Gasteiger partial charge in [-0.05, 0) is 131 Å². The van der Waals surface area contributed by atoms with Gasteiger partial charge in [-0.2, -0.15) is 0 Å². The number of rotatable bonds is 4. The van der Waals surface area contributed by atoms with Crippen molar-refractivity contribution >= 4 is 5.57 Å². The van der Waals surface area contributed by atoms with Gasteiger partial charge in [0.05, 0.1) is 0 Å². The summed E-state index contributed by atoms with van der Waals surface area (Å²) in [6, 6.07) is 6.94. The second-order valence-corrected chi connectivity index (χ2v) is 16.5. The van der Waals surface area contributed by atoms with Gasteiger partial charge < -0.3 is 9.47 Å². The van der Waals surface area contributed by atoms with Crippen molar-refractivity contribution in [2.75, 3.05) is 0 Å². The molecule has 7 unspecified atom stereocenters. The van der Waals surface area contributed by atoms with E-state index in [1.807, 2.05) is 0 Å². The number of ether oxygens (including phenoxy) is 2. The van der Waals surface area contributed by atoms with Gasteiger partial charge in [-0.15, -0.1) is 0 Å². The van der Waals surface area contributed by atoms with Crippen molar-refractivity contribution < 1.29 is 9.47 Å². The first kappa shape index (κ1) is 28.9. The van der Waals surface area contributed by atoms with E-state index in [9.17, 15) is 0 Å². The maximum absolute atomic E-state index is 6.60. The maximum atomic E-state index is 6.60. The second-order valence-electron chi connectivity index (χ2n) is 16.5. The summed E-state index contributed by atoms with van der Waals surface area (Å²) in [5.41, 5.74) is 12.5. The van der Waals surface area contributed by atoms with Gasteiger partial charge in [0.2, 0.25) is 0 Å². The normalized spacial score (nSPS) is 35.1. The zero-order chi connectivity index (χ0) is 32.4. The molecule has 0 aliphatic heterocycles. The predicted molar refractivity (Wildman–Crippen MR) is 195 cm³/mol. The highest BCUT2D eigenvalue weighted by molar-refractivity contribution is 5.87. The highest BCUT2D eigenvalue weighted by Crippen LogP contribution is 2.71. The minimum absolute atomic E-state index is 0.0587. The lowest BCUT2D eigenvalue weighted by Gasteiger charge is -2.53. The standard InChI is InChI=1S/C46H46O2/c1-45(2)37-25-29(47-27-13-7-5-8-14-27)21-23-31(37)41-33-17-12-20-36-40(33)39-34(18-11-19-35(39)43(41)45)42-32-24-22-30(48-28-15-9-6-10-16-28)26-38(32)46(3,4)44(36)42/h7,9,11-25,30,32-33,35,38-40H,5-6,8,10,26H2,1-4H3. The van der Waals surface area contributed by atoms with Crippen LogP contribution in [0.5, 0.6) is 5.75 Å². The zero-order valence-electron chi connectivity index (χ0n) is 28.7. The van der Waals surface area contributed by atoms with Crippen molar-refractivity contribution in [3.8, 4) is 5.75 Å². The van der Waals surface area contributed by atoms with Crippen LogP contribution in [0.15, 0.2) is 143 Å². The zero-order valence-corrected chi connectivity index (χ0v) is 28.7. The van der Waals surface area contributed by atoms with E-state index < -0.39 is 0 Å². The molecule has 0 bridgehead atoms. The topological polar surface area (TPSA) is 18.5 Å². The monoisotopic (exact) mass is 630 g/mol. The number of fused-ring (bicyclic) bond motifs is 8. The van der Waals surface area contributed by atoms with E-state index in [1.54, 1.807) is 33.4 Å². The summed E-state index contributed by atoms with van der Waals surface area (Å²) in [4.78, 5) is 0. The highest BCUT2D eigenvalue weighted by Gasteiger charge is 2.61. The van der Waals surface area contributed by atoms with Gasteiger partial charge in [-0.3, -0.25) is 0 Å². The lowest BCUT2D eigenvalue weighted by molar-refractivity contribution is 0.0961. The minimum Gasteiger partial charge on any atom is -0.487 e. The molecule has 0 saturated heterocycles. The molecule has 0 fully saturated rings. The van der Waals surface area contributed by atoms with Gasteiger partial charge in [0, 0.05) is 35.0 Å². The molecular formula is C46H46O2. The number of hydrogen-bond donors (Lipinski definition) is 0. The first-order chi connectivity index (χ1) is 23.3. The largest absolute Gasteiger partial charge is 0.487 e. The van der Waals surface area contributed by atoms with Crippen LogP contribution in [0.2, 0.25) is 0 Å². The molecule has 0 amide bonds. The fourth-order valence-corrected chi connectivity index (χ4v) is 11.4. The molecule has 0 spiro atoms. The van der Waals surface area contributed by atoms with Crippen molar-refractivity contribution in [2.45, 2.75) is 71.3 Å². The third-order valence-corrected chi connectivity index (χ3v) is 13.3. The molecule has 9 aliphatic carbocycles. The van der Waals surface area contributed by atoms with Gasteiger partial charge >= 0.3 is 0 Å². The Morgan fingerprint density at radius 3 is 2.21 bits per heavy atom. The van der Waals surface area contributed by atoms with Crippen LogP contribution in [-0.2, 0) is 10.2 Å². The Balaban J connectivity index is 1.05. The summed E-state index contributed by atoms with van der Waals surface area (Å²) < 4.78 is 13.0. The molecule has 0 N–H and O–H groups in total. The molecule has 1 aromatic carbocycles. The molecule has 48 heavy (non-hydrogen) atoms. The van der Waals surface area contributed by atoms with Gasteiger partial charge in [0.25, 0.3) is 0 Å². The minimum atomic E-state index is -0.0812. The lowest BCUT2D eigenvalue weighted by atomic mass is 9.50. The Hall–Kier alpha value is -4.04. The smallest absolute Gasteiger partial charge is 0.127 e. The summed E-state index contributed by atoms with van der Waals surface area (Å²) in [5.74, 6) is 5.59. The third-order valence-electron chi connectivity index (χ3n) is 13.3. The molecule has 9 aliphatic rings. The number of allylic oxidation sites excluding steroid dienone is 19. The average molecular weight is 631 g/mol. The van der Waals surface area contributed by atoms with Crippen LogP contribution in [0, 0.1) is 40.9 Å². The van der Waals surface area contributed by atoms with Crippen molar-refractivity contribution in [1.82, 2.24) is 0 Å². The Kier molecular flexibility index (Phi) is 6.17. The van der Waals surface area contributed by atoms with Crippen LogP contribution in [-0.4, -0.2) is 6.10 Å². The van der Waals surface area contributed by atoms with Crippen molar-refractivity contribution in [1.29, 1.82) is 0 Å². The quantitative estimate of drug-likeness (QED) is 0.308. The SMILES string of the molecule is CC1(C)C2=C(c3ccc(OC4=CCCC=C4)cc31)C1C=CC=C3C4=C(C5=CC=CC2C5C31)C1C=CC(OC2=CCCC=C2)CC1C4(C)C. The van der Waals surface area contributed by atoms with E-state index in [0.29, 0.717) is 35.5 Å². The van der Waals surface area contributed by atoms with Crippen molar-refractivity contribution in [2.24, 2.45) is 40.9 Å². The van der Waals surface area contributed by atoms with Crippen molar-refractivity contribution in [3.63, 3.8) is 0 Å². The second kappa shape index (κ2) is 10.2. The fraction of sp³-hybridized carbons (Fsp3) is 0.391. The van der Waals surface area contributed by atoms with Crippen LogP contribution < -0.4 is 4.74 Å². The Bertz CT molecular complexity index is 1990. The average Bonchev–Trinajstić information content (AvgIpc) is 3.48. The molecule has 2 heteroatoms. The van der Waals surface area contributed by atoms with Crippen molar-refractivity contribution in [3.05, 3.63) is 154 Å². The van der Waals surface area contributed by atoms with Gasteiger partial charge in [0.1, 0.15) is 23.4 Å². The summed E-state index contributed by atoms with van der Waals surface area (Å²) in [5, 5.41) is 0. The van der Waals surface area contributed by atoms with Crippen LogP contribution >= 0.6 is 0 Å². The van der Waals surface area contributed by atoms with E-state index >= 15 is 0 Å². The van der Waals surface area contributed by atoms with Crippen LogP contribution in [0.3, 0.4) is 0 Å². The van der Waals surface area contributed by atoms with E-state index in [4.69, 9.17) is 9.47 Å². The molecule has 0 aromatic heterocycles. The maximum Gasteiger partial charge on any atom is 0.127 e. The first-order valence-corrected chi connectivity index (χ1v) is 18.5. The van der Waals surface area contributed by atoms with E-state index in [1.165, 1.54) is 11.1 Å². The Labute approximate surface area is 286 Å². The number of hydrogen-bond acceptors (Lipinski definition) is 2. The lowest BCUT2D eigenvalue weighted by Crippen LogP contribution is -2.44. The van der Waals surface area contributed by atoms with Crippen LogP contribution in [0.25, 0.3) is 5.57 Å². The molecule has 0 heterocycles. The van der Waals surface area contributed by atoms with Crippen LogP contribution in [0.1, 0.15) is 70.9 Å². The molecule has 10 rings (SSSR count). The predicted octanol–water partition coefficient (Wildman–Crippen LogP) is 11.0.